The molecule has 1 aliphatic heterocycles. The van der Waals surface area contributed by atoms with E-state index in [1.807, 2.05) is 30.3 Å². The van der Waals surface area contributed by atoms with Crippen LogP contribution in [0, 0.1) is 16.7 Å². The van der Waals surface area contributed by atoms with E-state index in [1.54, 1.807) is 6.07 Å². The topological polar surface area (TPSA) is 105 Å². The Bertz CT molecular complexity index is 1540. The summed E-state index contributed by atoms with van der Waals surface area (Å²) in [7, 11) is 1.33. The van der Waals surface area contributed by atoms with Gasteiger partial charge in [0.05, 0.1) is 18.9 Å². The van der Waals surface area contributed by atoms with Gasteiger partial charge in [-0.1, -0.05) is 43.2 Å². The van der Waals surface area contributed by atoms with Crippen LogP contribution in [0.25, 0.3) is 5.57 Å². The Morgan fingerprint density at radius 3 is 2.55 bits per heavy atom. The number of allylic oxidation sites excluding steroid dienone is 1. The minimum Gasteiger partial charge on any atom is -0.465 e. The molecule has 1 aliphatic carbocycles. The molecule has 3 aromatic rings. The fourth-order valence-corrected chi connectivity index (χ4v) is 5.82. The first kappa shape index (κ1) is 29.4. The Hall–Kier alpha value is -4.06. The summed E-state index contributed by atoms with van der Waals surface area (Å²) in [5, 5.41) is 10.1. The van der Waals surface area contributed by atoms with Gasteiger partial charge < -0.3 is 20.1 Å². The Kier molecular flexibility index (Phi) is 8.72. The van der Waals surface area contributed by atoms with Crippen LogP contribution in [0.5, 0.6) is 11.5 Å². The number of carbonyl (C=O) groups excluding carboxylic acids is 1. The molecule has 0 bridgehead atoms. The number of methoxy groups -OCH3 is 1. The van der Waals surface area contributed by atoms with Gasteiger partial charge in [0, 0.05) is 55.6 Å². The van der Waals surface area contributed by atoms with Crippen molar-refractivity contribution in [3.8, 4) is 17.6 Å². The molecule has 2 aliphatic rings. The number of hydrogen-bond acceptors (Lipinski definition) is 8. The molecule has 2 heterocycles. The molecule has 42 heavy (non-hydrogen) atoms. The number of nitriles is 1. The number of anilines is 2. The van der Waals surface area contributed by atoms with E-state index in [9.17, 15) is 10.1 Å². The summed E-state index contributed by atoms with van der Waals surface area (Å²) in [5.74, 6) is 0.261. The van der Waals surface area contributed by atoms with E-state index >= 15 is 0 Å². The molecular weight excluding hydrogens is 550 g/mol. The number of nitrogens with zero attached hydrogens (tertiary/aromatic N) is 4. The summed E-state index contributed by atoms with van der Waals surface area (Å²) < 4.78 is 11.0. The van der Waals surface area contributed by atoms with Crippen molar-refractivity contribution in [2.24, 2.45) is 5.41 Å². The first-order valence-electron chi connectivity index (χ1n) is 14.2. The fraction of sp³-hybridized carbons (Fsp3) is 0.364. The number of carbonyl (C=O) groups is 1. The number of pyridine rings is 1. The number of esters is 1. The molecule has 1 fully saturated rings. The van der Waals surface area contributed by atoms with Crippen molar-refractivity contribution in [3.63, 3.8) is 0 Å². The zero-order valence-corrected chi connectivity index (χ0v) is 25.1. The molecule has 0 radical (unpaired) electrons. The maximum absolute atomic E-state index is 12.5. The largest absolute Gasteiger partial charge is 0.465 e. The summed E-state index contributed by atoms with van der Waals surface area (Å²) in [5.41, 5.74) is 11.7. The molecule has 9 heteroatoms. The summed E-state index contributed by atoms with van der Waals surface area (Å²) in [6, 6.07) is 17.3. The van der Waals surface area contributed by atoms with Gasteiger partial charge in [0.15, 0.2) is 0 Å². The monoisotopic (exact) mass is 585 g/mol. The van der Waals surface area contributed by atoms with Crippen LogP contribution in [-0.4, -0.2) is 55.7 Å². The maximum atomic E-state index is 12.5. The number of aromatic nitrogens is 1. The number of nitrogens with two attached hydrogens (primary N) is 1. The van der Waals surface area contributed by atoms with E-state index in [0.717, 1.165) is 56.3 Å². The summed E-state index contributed by atoms with van der Waals surface area (Å²) >= 11 is 6.18. The number of ether oxygens (including phenoxy) is 2. The average molecular weight is 586 g/mol. The van der Waals surface area contributed by atoms with E-state index < -0.39 is 5.97 Å². The normalized spacial score (nSPS) is 17.1. The summed E-state index contributed by atoms with van der Waals surface area (Å²) in [6.07, 6.45) is 4.79. The van der Waals surface area contributed by atoms with Gasteiger partial charge >= 0.3 is 5.97 Å². The minimum absolute atomic E-state index is 0.123. The second-order valence-corrected chi connectivity index (χ2v) is 12.1. The van der Waals surface area contributed by atoms with E-state index in [4.69, 9.17) is 26.8 Å². The van der Waals surface area contributed by atoms with Crippen LogP contribution in [0.2, 0.25) is 5.02 Å². The third-order valence-electron chi connectivity index (χ3n) is 8.14. The highest BCUT2D eigenvalue weighted by Gasteiger charge is 2.29. The lowest BCUT2D eigenvalue weighted by Gasteiger charge is -2.39. The van der Waals surface area contributed by atoms with Crippen molar-refractivity contribution in [1.82, 2.24) is 9.88 Å². The molecule has 1 saturated heterocycles. The van der Waals surface area contributed by atoms with Gasteiger partial charge in [-0.05, 0) is 60.1 Å². The van der Waals surface area contributed by atoms with Crippen LogP contribution in [0.4, 0.5) is 11.5 Å². The van der Waals surface area contributed by atoms with Crippen molar-refractivity contribution in [1.29, 1.82) is 5.26 Å². The van der Waals surface area contributed by atoms with E-state index in [-0.39, 0.29) is 22.4 Å². The minimum atomic E-state index is -0.509. The zero-order valence-electron chi connectivity index (χ0n) is 24.3. The number of hydrogen-bond donors (Lipinski definition) is 1. The number of rotatable bonds is 7. The molecule has 0 spiro atoms. The molecule has 0 amide bonds. The molecule has 5 rings (SSSR count). The van der Waals surface area contributed by atoms with Crippen molar-refractivity contribution in [3.05, 3.63) is 82.0 Å². The third-order valence-corrected chi connectivity index (χ3v) is 8.39. The van der Waals surface area contributed by atoms with Crippen molar-refractivity contribution in [2.75, 3.05) is 50.5 Å². The lowest BCUT2D eigenvalue weighted by Crippen LogP contribution is -2.47. The van der Waals surface area contributed by atoms with Crippen LogP contribution >= 0.6 is 11.6 Å². The zero-order chi connectivity index (χ0) is 29.9. The summed E-state index contributed by atoms with van der Waals surface area (Å²) in [4.78, 5) is 21.3. The van der Waals surface area contributed by atoms with Gasteiger partial charge in [-0.3, -0.25) is 4.90 Å². The molecular formula is C33H36ClN5O3. The molecule has 1 aromatic heterocycles. The lowest BCUT2D eigenvalue weighted by atomic mass is 9.72. The highest BCUT2D eigenvalue weighted by Crippen LogP contribution is 2.43. The van der Waals surface area contributed by atoms with Crippen LogP contribution < -0.4 is 15.4 Å². The Morgan fingerprint density at radius 2 is 1.86 bits per heavy atom. The maximum Gasteiger partial charge on any atom is 0.341 e. The van der Waals surface area contributed by atoms with Gasteiger partial charge in [-0.2, -0.15) is 5.26 Å². The van der Waals surface area contributed by atoms with Crippen LogP contribution in [0.15, 0.2) is 60.3 Å². The van der Waals surface area contributed by atoms with Crippen LogP contribution in [-0.2, 0) is 4.74 Å². The first-order chi connectivity index (χ1) is 20.2. The quantitative estimate of drug-likeness (QED) is 0.311. The Labute approximate surface area is 252 Å². The molecule has 0 unspecified atom stereocenters. The van der Waals surface area contributed by atoms with Crippen molar-refractivity contribution >= 4 is 34.6 Å². The van der Waals surface area contributed by atoms with E-state index in [0.29, 0.717) is 11.5 Å². The second-order valence-electron chi connectivity index (χ2n) is 11.7. The predicted octanol–water partition coefficient (Wildman–Crippen LogP) is 6.55. The van der Waals surface area contributed by atoms with Gasteiger partial charge in [0.2, 0.25) is 0 Å². The van der Waals surface area contributed by atoms with Crippen molar-refractivity contribution in [2.45, 2.75) is 33.1 Å². The van der Waals surface area contributed by atoms with E-state index in [2.05, 4.69) is 40.8 Å². The second kappa shape index (κ2) is 12.4. The molecule has 0 saturated carbocycles. The first-order valence-corrected chi connectivity index (χ1v) is 14.5. The Balaban J connectivity index is 1.32. The molecule has 2 aromatic carbocycles. The Morgan fingerprint density at radius 1 is 1.12 bits per heavy atom. The average Bonchev–Trinajstić information content (AvgIpc) is 2.99. The van der Waals surface area contributed by atoms with Crippen LogP contribution in [0.1, 0.15) is 54.6 Å². The lowest BCUT2D eigenvalue weighted by molar-refractivity contribution is 0.0598. The van der Waals surface area contributed by atoms with Gasteiger partial charge in [0.1, 0.15) is 28.9 Å². The molecule has 0 atom stereocenters. The molecule has 218 valence electrons. The SMILES string of the molecule is COC(=O)c1ccc(N2CCN(CC3=C(c4ccc(Cl)cc4)CC(C)(C)CC3)CC2)cc1Oc1cnc(N)c(C#N)c1. The number of halogens is 1. The van der Waals surface area contributed by atoms with Gasteiger partial charge in [0.25, 0.3) is 0 Å². The third kappa shape index (κ3) is 6.70. The number of piperazine rings is 1. The number of benzene rings is 2. The van der Waals surface area contributed by atoms with Gasteiger partial charge in [-0.15, -0.1) is 0 Å². The smallest absolute Gasteiger partial charge is 0.341 e. The molecule has 8 nitrogen and oxygen atoms in total. The van der Waals surface area contributed by atoms with Crippen molar-refractivity contribution < 1.29 is 14.3 Å². The summed E-state index contributed by atoms with van der Waals surface area (Å²) in [6.45, 7) is 9.19. The fourth-order valence-electron chi connectivity index (χ4n) is 5.70. The standard InChI is InChI=1S/C33H36ClN5O3/c1-33(2)11-10-23(29(18-33)22-4-6-25(34)7-5-22)21-38-12-14-39(15-13-38)26-8-9-28(32(40)41-3)30(17-26)42-27-16-24(19-35)31(36)37-20-27/h4-9,16-17,20H,10-15,18,21H2,1-3H3,(H2,36,37). The van der Waals surface area contributed by atoms with E-state index in [1.165, 1.54) is 42.5 Å². The predicted molar refractivity (Wildman–Crippen MR) is 166 cm³/mol. The highest BCUT2D eigenvalue weighted by atomic mass is 35.5. The van der Waals surface area contributed by atoms with Gasteiger partial charge in [-0.25, -0.2) is 9.78 Å². The van der Waals surface area contributed by atoms with Crippen LogP contribution in [0.3, 0.4) is 0 Å². The highest BCUT2D eigenvalue weighted by molar-refractivity contribution is 6.30. The molecule has 2 N–H and O–H groups in total. The number of nitrogen functional groups attached to an aromatic ring is 1.